The van der Waals surface area contributed by atoms with Gasteiger partial charge in [-0.3, -0.25) is 0 Å². The predicted molar refractivity (Wildman–Crippen MR) is 76.6 cm³/mol. The molecule has 1 aromatic heterocycles. The third-order valence-corrected chi connectivity index (χ3v) is 3.91. The van der Waals surface area contributed by atoms with Crippen LogP contribution in [0.15, 0.2) is 18.2 Å². The molecule has 0 bridgehead atoms. The van der Waals surface area contributed by atoms with Gasteiger partial charge in [-0.2, -0.15) is 0 Å². The Balaban J connectivity index is 2.33. The molecule has 0 N–H and O–H groups in total. The summed E-state index contributed by atoms with van der Waals surface area (Å²) in [6.07, 6.45) is 3.37. The van der Waals surface area contributed by atoms with E-state index in [1.165, 1.54) is 28.2 Å². The first kappa shape index (κ1) is 11.5. The third-order valence-electron chi connectivity index (χ3n) is 3.91. The molecule has 0 spiro atoms. The van der Waals surface area contributed by atoms with Crippen LogP contribution in [0, 0.1) is 19.3 Å². The summed E-state index contributed by atoms with van der Waals surface area (Å²) in [7, 11) is 0. The van der Waals surface area contributed by atoms with Crippen LogP contribution in [0.25, 0.3) is 16.7 Å². The molecule has 0 atom stereocenters. The number of hydrogen-bond acceptors (Lipinski definition) is 1. The smallest absolute Gasteiger partial charge is 0.115 e. The van der Waals surface area contributed by atoms with Crippen LogP contribution >= 0.6 is 0 Å². The SMILES string of the molecule is CC1=CC(C)(C)Cc2nc3cc(C)c(C)cc3n21. The second kappa shape index (κ2) is 3.47. The van der Waals surface area contributed by atoms with Gasteiger partial charge in [0.1, 0.15) is 5.82 Å². The van der Waals surface area contributed by atoms with Crippen LogP contribution in [0.3, 0.4) is 0 Å². The van der Waals surface area contributed by atoms with Crippen molar-refractivity contribution in [1.82, 2.24) is 9.55 Å². The molecule has 0 radical (unpaired) electrons. The molecule has 2 aromatic rings. The minimum Gasteiger partial charge on any atom is -0.301 e. The molecule has 18 heavy (non-hydrogen) atoms. The number of fused-ring (bicyclic) bond motifs is 3. The van der Waals surface area contributed by atoms with E-state index in [0.717, 1.165) is 11.9 Å². The predicted octanol–water partition coefficient (Wildman–Crippen LogP) is 4.10. The van der Waals surface area contributed by atoms with Gasteiger partial charge < -0.3 is 4.57 Å². The van der Waals surface area contributed by atoms with Crippen LogP contribution in [0.1, 0.15) is 37.7 Å². The van der Waals surface area contributed by atoms with Crippen LogP contribution in [0.4, 0.5) is 0 Å². The second-order valence-corrected chi connectivity index (χ2v) is 6.24. The van der Waals surface area contributed by atoms with Crippen molar-refractivity contribution in [3.05, 3.63) is 35.2 Å². The summed E-state index contributed by atoms with van der Waals surface area (Å²) < 4.78 is 2.31. The summed E-state index contributed by atoms with van der Waals surface area (Å²) in [4.78, 5) is 4.82. The lowest BCUT2D eigenvalue weighted by Crippen LogP contribution is -2.21. The lowest BCUT2D eigenvalue weighted by atomic mass is 9.86. The average Bonchev–Trinajstić information content (AvgIpc) is 2.54. The topological polar surface area (TPSA) is 17.8 Å². The van der Waals surface area contributed by atoms with Gasteiger partial charge in [0.2, 0.25) is 0 Å². The van der Waals surface area contributed by atoms with Gasteiger partial charge >= 0.3 is 0 Å². The molecule has 2 nitrogen and oxygen atoms in total. The largest absolute Gasteiger partial charge is 0.301 e. The molecule has 0 saturated carbocycles. The van der Waals surface area contributed by atoms with E-state index in [1.807, 2.05) is 0 Å². The zero-order valence-electron chi connectivity index (χ0n) is 11.8. The minimum atomic E-state index is 0.214. The zero-order chi connectivity index (χ0) is 13.1. The highest BCUT2D eigenvalue weighted by atomic mass is 15.1. The fourth-order valence-electron chi connectivity index (χ4n) is 2.98. The molecule has 3 rings (SSSR count). The van der Waals surface area contributed by atoms with Crippen LogP contribution in [-0.2, 0) is 6.42 Å². The number of aryl methyl sites for hydroxylation is 2. The van der Waals surface area contributed by atoms with Crippen molar-refractivity contribution < 1.29 is 0 Å². The van der Waals surface area contributed by atoms with Gasteiger partial charge in [-0.1, -0.05) is 19.9 Å². The molecule has 94 valence electrons. The Hall–Kier alpha value is -1.57. The number of nitrogens with zero attached hydrogens (tertiary/aromatic N) is 2. The minimum absolute atomic E-state index is 0.214. The van der Waals surface area contributed by atoms with E-state index < -0.39 is 0 Å². The third kappa shape index (κ3) is 1.59. The van der Waals surface area contributed by atoms with Crippen molar-refractivity contribution in [2.75, 3.05) is 0 Å². The van der Waals surface area contributed by atoms with Crippen LogP contribution in [0.2, 0.25) is 0 Å². The van der Waals surface area contributed by atoms with Gasteiger partial charge in [-0.05, 0) is 49.4 Å². The van der Waals surface area contributed by atoms with E-state index in [-0.39, 0.29) is 5.41 Å². The maximum absolute atomic E-state index is 4.82. The number of allylic oxidation sites excluding steroid dienone is 2. The number of rotatable bonds is 0. The van der Waals surface area contributed by atoms with Gasteiger partial charge in [-0.15, -0.1) is 0 Å². The monoisotopic (exact) mass is 240 g/mol. The lowest BCUT2D eigenvalue weighted by Gasteiger charge is -2.27. The van der Waals surface area contributed by atoms with E-state index in [1.54, 1.807) is 0 Å². The quantitative estimate of drug-likeness (QED) is 0.678. The van der Waals surface area contributed by atoms with Crippen LogP contribution in [0.5, 0.6) is 0 Å². The molecule has 0 aliphatic carbocycles. The highest BCUT2D eigenvalue weighted by Crippen LogP contribution is 2.35. The highest BCUT2D eigenvalue weighted by Gasteiger charge is 2.26. The van der Waals surface area contributed by atoms with E-state index in [4.69, 9.17) is 4.98 Å². The molecule has 2 heterocycles. The molecule has 0 saturated heterocycles. The fraction of sp³-hybridized carbons (Fsp3) is 0.438. The normalized spacial score (nSPS) is 17.7. The average molecular weight is 240 g/mol. The Labute approximate surface area is 108 Å². The summed E-state index contributed by atoms with van der Waals surface area (Å²) in [6.45, 7) is 11.0. The molecule has 2 heteroatoms. The maximum atomic E-state index is 4.82. The van der Waals surface area contributed by atoms with Gasteiger partial charge in [0.25, 0.3) is 0 Å². The summed E-state index contributed by atoms with van der Waals surface area (Å²) in [5.41, 5.74) is 6.54. The summed E-state index contributed by atoms with van der Waals surface area (Å²) >= 11 is 0. The summed E-state index contributed by atoms with van der Waals surface area (Å²) in [5.74, 6) is 1.19. The van der Waals surface area contributed by atoms with E-state index in [9.17, 15) is 0 Å². The number of imidazole rings is 1. The summed E-state index contributed by atoms with van der Waals surface area (Å²) in [5, 5.41) is 0. The van der Waals surface area contributed by atoms with Crippen molar-refractivity contribution in [3.63, 3.8) is 0 Å². The molecule has 1 aliphatic rings. The second-order valence-electron chi connectivity index (χ2n) is 6.24. The Bertz CT molecular complexity index is 672. The highest BCUT2D eigenvalue weighted by molar-refractivity contribution is 5.82. The van der Waals surface area contributed by atoms with E-state index in [0.29, 0.717) is 0 Å². The van der Waals surface area contributed by atoms with Crippen molar-refractivity contribution >= 4 is 16.7 Å². The first-order valence-corrected chi connectivity index (χ1v) is 6.56. The summed E-state index contributed by atoms with van der Waals surface area (Å²) in [6, 6.07) is 4.47. The molecule has 0 amide bonds. The zero-order valence-corrected chi connectivity index (χ0v) is 11.8. The Morgan fingerprint density at radius 3 is 2.50 bits per heavy atom. The van der Waals surface area contributed by atoms with Crippen LogP contribution < -0.4 is 0 Å². The number of aromatic nitrogens is 2. The molecule has 0 fully saturated rings. The van der Waals surface area contributed by atoms with Crippen molar-refractivity contribution in [2.45, 2.75) is 41.0 Å². The standard InChI is InChI=1S/C16H20N2/c1-10-6-13-14(7-11(10)2)18-12(3)8-16(4,5)9-15(18)17-13/h6-8H,9H2,1-5H3. The fourth-order valence-corrected chi connectivity index (χ4v) is 2.98. The molecule has 1 aromatic carbocycles. The van der Waals surface area contributed by atoms with Gasteiger partial charge in [-0.25, -0.2) is 4.98 Å². The van der Waals surface area contributed by atoms with Gasteiger partial charge in [0, 0.05) is 12.1 Å². The van der Waals surface area contributed by atoms with Crippen LogP contribution in [-0.4, -0.2) is 9.55 Å². The Morgan fingerprint density at radius 2 is 1.78 bits per heavy atom. The molecular weight excluding hydrogens is 220 g/mol. The first-order valence-electron chi connectivity index (χ1n) is 6.56. The van der Waals surface area contributed by atoms with E-state index in [2.05, 4.69) is 57.4 Å². The maximum Gasteiger partial charge on any atom is 0.115 e. The first-order chi connectivity index (χ1) is 8.37. The molecular formula is C16H20N2. The molecule has 0 unspecified atom stereocenters. The number of hydrogen-bond donors (Lipinski definition) is 0. The lowest BCUT2D eigenvalue weighted by molar-refractivity contribution is 0.449. The number of benzene rings is 1. The van der Waals surface area contributed by atoms with Gasteiger partial charge in [0.05, 0.1) is 11.0 Å². The van der Waals surface area contributed by atoms with Crippen molar-refractivity contribution in [2.24, 2.45) is 5.41 Å². The van der Waals surface area contributed by atoms with Crippen molar-refractivity contribution in [3.8, 4) is 0 Å². The van der Waals surface area contributed by atoms with E-state index >= 15 is 0 Å². The Morgan fingerprint density at radius 1 is 1.11 bits per heavy atom. The van der Waals surface area contributed by atoms with Gasteiger partial charge in [0.15, 0.2) is 0 Å². The van der Waals surface area contributed by atoms with Crippen molar-refractivity contribution in [1.29, 1.82) is 0 Å². The molecule has 1 aliphatic heterocycles. The Kier molecular flexibility index (Phi) is 2.22.